The van der Waals surface area contributed by atoms with Crippen LogP contribution < -0.4 is 5.32 Å². The third-order valence-corrected chi connectivity index (χ3v) is 4.38. The molecule has 1 atom stereocenters. The lowest BCUT2D eigenvalue weighted by molar-refractivity contribution is 0.691. The highest BCUT2D eigenvalue weighted by Crippen LogP contribution is 2.31. The molecule has 0 bridgehead atoms. The van der Waals surface area contributed by atoms with Gasteiger partial charge in [-0.25, -0.2) is 0 Å². The topological polar surface area (TPSA) is 12.0 Å². The largest absolute Gasteiger partial charge is 0.309 e. The smallest absolute Gasteiger partial charge is 0.0595 e. The van der Waals surface area contributed by atoms with Crippen LogP contribution in [0.2, 0.25) is 10.0 Å². The second kappa shape index (κ2) is 5.40. The van der Waals surface area contributed by atoms with Gasteiger partial charge in [-0.3, -0.25) is 0 Å². The van der Waals surface area contributed by atoms with Gasteiger partial charge >= 0.3 is 0 Å². The maximum atomic E-state index is 6.06. The number of thiophene rings is 1. The Morgan fingerprint density at radius 3 is 2.47 bits per heavy atom. The van der Waals surface area contributed by atoms with Crippen LogP contribution >= 0.6 is 34.5 Å². The van der Waals surface area contributed by atoms with Gasteiger partial charge in [0.1, 0.15) is 0 Å². The molecular weight excluding hydrogens is 273 g/mol. The van der Waals surface area contributed by atoms with Gasteiger partial charge < -0.3 is 5.32 Å². The Morgan fingerprint density at radius 1 is 1.18 bits per heavy atom. The van der Waals surface area contributed by atoms with E-state index in [1.807, 2.05) is 25.2 Å². The van der Waals surface area contributed by atoms with E-state index in [1.54, 1.807) is 11.3 Å². The van der Waals surface area contributed by atoms with E-state index in [1.165, 1.54) is 10.4 Å². The number of hydrogen-bond acceptors (Lipinski definition) is 2. The van der Waals surface area contributed by atoms with Crippen molar-refractivity contribution < 1.29 is 0 Å². The molecule has 1 aromatic heterocycles. The van der Waals surface area contributed by atoms with E-state index in [0.717, 1.165) is 5.56 Å². The number of hydrogen-bond donors (Lipinski definition) is 1. The summed E-state index contributed by atoms with van der Waals surface area (Å²) in [4.78, 5) is 1.32. The van der Waals surface area contributed by atoms with Gasteiger partial charge in [-0.1, -0.05) is 29.3 Å². The molecule has 2 rings (SSSR count). The number of nitrogens with one attached hydrogen (secondary N) is 1. The van der Waals surface area contributed by atoms with Gasteiger partial charge in [0.05, 0.1) is 16.1 Å². The van der Waals surface area contributed by atoms with Crippen LogP contribution in [0.3, 0.4) is 0 Å². The predicted octanol–water partition coefficient (Wildman–Crippen LogP) is 4.67. The molecule has 0 fully saturated rings. The van der Waals surface area contributed by atoms with Crippen LogP contribution in [0.5, 0.6) is 0 Å². The average Bonchev–Trinajstić information content (AvgIpc) is 2.71. The summed E-state index contributed by atoms with van der Waals surface area (Å²) in [6.45, 7) is 2.13. The summed E-state index contributed by atoms with van der Waals surface area (Å²) in [6, 6.07) is 8.07. The molecule has 1 N–H and O–H groups in total. The summed E-state index contributed by atoms with van der Waals surface area (Å²) < 4.78 is 0. The van der Waals surface area contributed by atoms with Crippen LogP contribution in [0.1, 0.15) is 22.0 Å². The standard InChI is InChI=1S/C13H13Cl2NS/c1-8-10(5-6-17-8)13(16-2)9-3-4-11(14)12(15)7-9/h3-7,13,16H,1-2H3. The van der Waals surface area contributed by atoms with E-state index >= 15 is 0 Å². The molecular formula is C13H13Cl2NS. The fourth-order valence-electron chi connectivity index (χ4n) is 1.89. The van der Waals surface area contributed by atoms with Crippen LogP contribution in [-0.2, 0) is 0 Å². The second-order valence-electron chi connectivity index (χ2n) is 3.83. The van der Waals surface area contributed by atoms with Gasteiger partial charge in [0.15, 0.2) is 0 Å². The SMILES string of the molecule is CNC(c1ccc(Cl)c(Cl)c1)c1ccsc1C. The first kappa shape index (κ1) is 12.9. The zero-order chi connectivity index (χ0) is 12.4. The number of aryl methyl sites for hydroxylation is 1. The molecule has 90 valence electrons. The molecule has 4 heteroatoms. The molecule has 1 aromatic carbocycles. The van der Waals surface area contributed by atoms with Crippen molar-refractivity contribution in [3.05, 3.63) is 55.7 Å². The molecule has 0 aliphatic heterocycles. The fourth-order valence-corrected chi connectivity index (χ4v) is 2.94. The van der Waals surface area contributed by atoms with Gasteiger partial charge in [-0.2, -0.15) is 0 Å². The van der Waals surface area contributed by atoms with Crippen molar-refractivity contribution in [1.82, 2.24) is 5.32 Å². The monoisotopic (exact) mass is 285 g/mol. The van der Waals surface area contributed by atoms with Crippen LogP contribution in [0.15, 0.2) is 29.6 Å². The van der Waals surface area contributed by atoms with Crippen molar-refractivity contribution in [1.29, 1.82) is 0 Å². The highest BCUT2D eigenvalue weighted by molar-refractivity contribution is 7.10. The summed E-state index contributed by atoms with van der Waals surface area (Å²) >= 11 is 13.7. The van der Waals surface area contributed by atoms with E-state index in [9.17, 15) is 0 Å². The van der Waals surface area contributed by atoms with Crippen LogP contribution in [0.4, 0.5) is 0 Å². The van der Waals surface area contributed by atoms with Gasteiger partial charge in [0.25, 0.3) is 0 Å². The van der Waals surface area contributed by atoms with E-state index in [4.69, 9.17) is 23.2 Å². The van der Waals surface area contributed by atoms with Crippen molar-refractivity contribution >= 4 is 34.5 Å². The molecule has 2 aromatic rings. The maximum absolute atomic E-state index is 6.06. The quantitative estimate of drug-likeness (QED) is 0.864. The summed E-state index contributed by atoms with van der Waals surface area (Å²) in [7, 11) is 1.95. The third-order valence-electron chi connectivity index (χ3n) is 2.78. The summed E-state index contributed by atoms with van der Waals surface area (Å²) in [6.07, 6.45) is 0. The van der Waals surface area contributed by atoms with Crippen molar-refractivity contribution in [2.75, 3.05) is 7.05 Å². The van der Waals surface area contributed by atoms with E-state index < -0.39 is 0 Å². The van der Waals surface area contributed by atoms with Crippen molar-refractivity contribution in [2.45, 2.75) is 13.0 Å². The molecule has 0 saturated heterocycles. The lowest BCUT2D eigenvalue weighted by atomic mass is 10.00. The first-order valence-corrected chi connectivity index (χ1v) is 6.93. The Labute approximate surface area is 115 Å². The minimum absolute atomic E-state index is 0.163. The fraction of sp³-hybridized carbons (Fsp3) is 0.231. The molecule has 1 heterocycles. The normalized spacial score (nSPS) is 12.7. The van der Waals surface area contributed by atoms with Crippen LogP contribution in [0.25, 0.3) is 0 Å². The van der Waals surface area contributed by atoms with Crippen molar-refractivity contribution in [3.63, 3.8) is 0 Å². The number of halogens is 2. The highest BCUT2D eigenvalue weighted by atomic mass is 35.5. The number of rotatable bonds is 3. The van der Waals surface area contributed by atoms with Crippen molar-refractivity contribution in [3.8, 4) is 0 Å². The molecule has 1 nitrogen and oxygen atoms in total. The second-order valence-corrected chi connectivity index (χ2v) is 5.76. The summed E-state index contributed by atoms with van der Waals surface area (Å²) in [5.41, 5.74) is 2.42. The Hall–Kier alpha value is -0.540. The Balaban J connectivity index is 2.42. The van der Waals surface area contributed by atoms with Gasteiger partial charge in [0.2, 0.25) is 0 Å². The lowest BCUT2D eigenvalue weighted by Crippen LogP contribution is -2.17. The first-order chi connectivity index (χ1) is 8.13. The lowest BCUT2D eigenvalue weighted by Gasteiger charge is -2.17. The first-order valence-electron chi connectivity index (χ1n) is 5.29. The van der Waals surface area contributed by atoms with Gasteiger partial charge in [0, 0.05) is 4.88 Å². The van der Waals surface area contributed by atoms with E-state index in [0.29, 0.717) is 10.0 Å². The Kier molecular flexibility index (Phi) is 4.10. The molecule has 0 amide bonds. The van der Waals surface area contributed by atoms with Crippen LogP contribution in [-0.4, -0.2) is 7.05 Å². The third kappa shape index (κ3) is 2.66. The maximum Gasteiger partial charge on any atom is 0.0595 e. The van der Waals surface area contributed by atoms with E-state index in [2.05, 4.69) is 23.7 Å². The van der Waals surface area contributed by atoms with Gasteiger partial charge in [-0.05, 0) is 48.7 Å². The van der Waals surface area contributed by atoms with Crippen LogP contribution in [0, 0.1) is 6.92 Å². The average molecular weight is 286 g/mol. The minimum Gasteiger partial charge on any atom is -0.309 e. The number of benzene rings is 1. The molecule has 0 aliphatic rings. The molecule has 0 spiro atoms. The summed E-state index contributed by atoms with van der Waals surface area (Å²) in [5, 5.41) is 6.60. The molecule has 17 heavy (non-hydrogen) atoms. The molecule has 1 unspecified atom stereocenters. The molecule has 0 radical (unpaired) electrons. The minimum atomic E-state index is 0.163. The van der Waals surface area contributed by atoms with E-state index in [-0.39, 0.29) is 6.04 Å². The highest BCUT2D eigenvalue weighted by Gasteiger charge is 2.15. The molecule has 0 saturated carbocycles. The van der Waals surface area contributed by atoms with Gasteiger partial charge in [-0.15, -0.1) is 11.3 Å². The van der Waals surface area contributed by atoms with Crippen molar-refractivity contribution in [2.24, 2.45) is 0 Å². The summed E-state index contributed by atoms with van der Waals surface area (Å²) in [5.74, 6) is 0. The predicted molar refractivity (Wildman–Crippen MR) is 76.4 cm³/mol. The zero-order valence-electron chi connectivity index (χ0n) is 9.63. The Morgan fingerprint density at radius 2 is 1.94 bits per heavy atom. The zero-order valence-corrected chi connectivity index (χ0v) is 12.0. The Bertz CT molecular complexity index is 522. The molecule has 0 aliphatic carbocycles.